The average Bonchev–Trinajstić information content (AvgIpc) is 2.26. The Kier molecular flexibility index (Phi) is 3.35. The molecule has 1 aromatic heterocycles. The van der Waals surface area contributed by atoms with Gasteiger partial charge in [-0.2, -0.15) is 16.7 Å². The molecule has 0 spiro atoms. The van der Waals surface area contributed by atoms with Crippen LogP contribution in [-0.4, -0.2) is 20.8 Å². The maximum absolute atomic E-state index is 11.4. The van der Waals surface area contributed by atoms with Gasteiger partial charge in [0.2, 0.25) is 5.88 Å². The van der Waals surface area contributed by atoms with Gasteiger partial charge in [0, 0.05) is 0 Å². The van der Waals surface area contributed by atoms with Crippen molar-refractivity contribution in [3.05, 3.63) is 20.7 Å². The molecule has 0 bridgehead atoms. The molecule has 1 unspecified atom stereocenters. The summed E-state index contributed by atoms with van der Waals surface area (Å²) >= 11 is 4.75. The number of aromatic amines is 1. The molecule has 2 N–H and O–H groups in total. The van der Waals surface area contributed by atoms with Crippen LogP contribution in [0.1, 0.15) is 30.3 Å². The number of aromatic nitrogens is 2. The van der Waals surface area contributed by atoms with Gasteiger partial charge in [0.15, 0.2) is 0 Å². The highest BCUT2D eigenvalue weighted by Crippen LogP contribution is 2.36. The van der Waals surface area contributed by atoms with Crippen LogP contribution in [0.15, 0.2) is 9.27 Å². The largest absolute Gasteiger partial charge is 0.492 e. The van der Waals surface area contributed by atoms with Crippen LogP contribution in [-0.2, 0) is 0 Å². The van der Waals surface area contributed by atoms with E-state index in [4.69, 9.17) is 0 Å². The predicted octanol–water partition coefficient (Wildman–Crippen LogP) is 2.20. The first-order valence-electron chi connectivity index (χ1n) is 4.79. The van der Waals surface area contributed by atoms with Crippen molar-refractivity contribution in [1.82, 2.24) is 9.97 Å². The number of H-pyrrole nitrogens is 1. The average molecular weight is 291 g/mol. The second kappa shape index (κ2) is 4.57. The van der Waals surface area contributed by atoms with Crippen molar-refractivity contribution >= 4 is 27.7 Å². The maximum atomic E-state index is 11.4. The van der Waals surface area contributed by atoms with E-state index in [0.717, 1.165) is 18.6 Å². The summed E-state index contributed by atoms with van der Waals surface area (Å²) in [6, 6.07) is 0. The van der Waals surface area contributed by atoms with E-state index >= 15 is 0 Å². The van der Waals surface area contributed by atoms with Crippen molar-refractivity contribution in [2.45, 2.75) is 24.5 Å². The van der Waals surface area contributed by atoms with Crippen LogP contribution in [0.5, 0.6) is 5.88 Å². The summed E-state index contributed by atoms with van der Waals surface area (Å²) < 4.78 is 0.104. The lowest BCUT2D eigenvalue weighted by Gasteiger charge is -2.20. The molecule has 0 aromatic carbocycles. The molecule has 0 saturated carbocycles. The quantitative estimate of drug-likeness (QED) is 0.832. The van der Waals surface area contributed by atoms with Crippen molar-refractivity contribution in [1.29, 1.82) is 0 Å². The Morgan fingerprint density at radius 1 is 1.53 bits per heavy atom. The summed E-state index contributed by atoms with van der Waals surface area (Å²) in [5.41, 5.74) is -0.316. The predicted molar refractivity (Wildman–Crippen MR) is 63.3 cm³/mol. The van der Waals surface area contributed by atoms with Gasteiger partial charge in [0.1, 0.15) is 10.3 Å². The number of halogens is 1. The standard InChI is InChI=1S/C9H11BrN2O2S/c10-6-8(13)11-7(12-9(6)14)5-3-1-2-4-15-5/h5H,1-4H2,(H2,11,12,13,14). The zero-order valence-electron chi connectivity index (χ0n) is 7.99. The first-order valence-corrected chi connectivity index (χ1v) is 6.63. The summed E-state index contributed by atoms with van der Waals surface area (Å²) in [5, 5.41) is 9.64. The van der Waals surface area contributed by atoms with Crippen molar-refractivity contribution in [3.63, 3.8) is 0 Å². The zero-order valence-corrected chi connectivity index (χ0v) is 10.4. The Balaban J connectivity index is 2.32. The molecule has 0 aliphatic carbocycles. The van der Waals surface area contributed by atoms with Gasteiger partial charge in [0.05, 0.1) is 5.25 Å². The van der Waals surface area contributed by atoms with E-state index < -0.39 is 0 Å². The van der Waals surface area contributed by atoms with Crippen molar-refractivity contribution < 1.29 is 5.11 Å². The third kappa shape index (κ3) is 2.36. The number of nitrogens with one attached hydrogen (secondary N) is 1. The molecule has 6 heteroatoms. The smallest absolute Gasteiger partial charge is 0.269 e. The molecule has 2 rings (SSSR count). The topological polar surface area (TPSA) is 66.0 Å². The lowest BCUT2D eigenvalue weighted by molar-refractivity contribution is 0.442. The summed E-state index contributed by atoms with van der Waals surface area (Å²) in [4.78, 5) is 18.1. The lowest BCUT2D eigenvalue weighted by atomic mass is 10.2. The molecule has 15 heavy (non-hydrogen) atoms. The van der Waals surface area contributed by atoms with Crippen molar-refractivity contribution in [3.8, 4) is 5.88 Å². The highest BCUT2D eigenvalue weighted by molar-refractivity contribution is 9.10. The number of aromatic hydroxyl groups is 1. The van der Waals surface area contributed by atoms with Gasteiger partial charge >= 0.3 is 0 Å². The van der Waals surface area contributed by atoms with E-state index in [1.54, 1.807) is 11.8 Å². The summed E-state index contributed by atoms with van der Waals surface area (Å²) in [7, 11) is 0. The Morgan fingerprint density at radius 3 is 2.93 bits per heavy atom. The van der Waals surface area contributed by atoms with E-state index in [1.165, 1.54) is 6.42 Å². The minimum Gasteiger partial charge on any atom is -0.492 e. The number of rotatable bonds is 1. The molecule has 1 aliphatic rings. The number of thioether (sulfide) groups is 1. The molecule has 1 aromatic rings. The molecule has 82 valence electrons. The normalized spacial score (nSPS) is 21.5. The fourth-order valence-corrected chi connectivity index (χ4v) is 3.02. The lowest BCUT2D eigenvalue weighted by Crippen LogP contribution is -2.15. The molecular weight excluding hydrogens is 280 g/mol. The van der Waals surface area contributed by atoms with Crippen LogP contribution in [0.4, 0.5) is 0 Å². The van der Waals surface area contributed by atoms with E-state index in [9.17, 15) is 9.90 Å². The van der Waals surface area contributed by atoms with E-state index in [-0.39, 0.29) is 21.2 Å². The van der Waals surface area contributed by atoms with E-state index in [0.29, 0.717) is 5.82 Å². The molecule has 2 heterocycles. The van der Waals surface area contributed by atoms with Gasteiger partial charge in [-0.15, -0.1) is 0 Å². The van der Waals surface area contributed by atoms with Gasteiger partial charge in [-0.3, -0.25) is 4.79 Å². The molecule has 1 atom stereocenters. The van der Waals surface area contributed by atoms with Crippen molar-refractivity contribution in [2.24, 2.45) is 0 Å². The number of hydrogen-bond acceptors (Lipinski definition) is 4. The zero-order chi connectivity index (χ0) is 10.8. The minimum absolute atomic E-state index is 0.104. The highest BCUT2D eigenvalue weighted by atomic mass is 79.9. The summed E-state index contributed by atoms with van der Waals surface area (Å²) in [6.07, 6.45) is 3.38. The van der Waals surface area contributed by atoms with Crippen LogP contribution in [0.3, 0.4) is 0 Å². The maximum Gasteiger partial charge on any atom is 0.269 e. The first kappa shape index (κ1) is 11.0. The number of nitrogens with zero attached hydrogens (tertiary/aromatic N) is 1. The molecule has 1 aliphatic heterocycles. The van der Waals surface area contributed by atoms with Gasteiger partial charge in [-0.05, 0) is 34.5 Å². The summed E-state index contributed by atoms with van der Waals surface area (Å²) in [6.45, 7) is 0. The van der Waals surface area contributed by atoms with Gasteiger partial charge in [-0.25, -0.2) is 0 Å². The second-order valence-electron chi connectivity index (χ2n) is 3.44. The monoisotopic (exact) mass is 290 g/mol. The molecule has 0 amide bonds. The van der Waals surface area contributed by atoms with Gasteiger partial charge in [0.25, 0.3) is 5.56 Å². The molecule has 1 saturated heterocycles. The Morgan fingerprint density at radius 2 is 2.33 bits per heavy atom. The van der Waals surface area contributed by atoms with Gasteiger partial charge in [-0.1, -0.05) is 6.42 Å². The molecular formula is C9H11BrN2O2S. The van der Waals surface area contributed by atoms with Gasteiger partial charge < -0.3 is 10.1 Å². The Hall–Kier alpha value is -0.490. The van der Waals surface area contributed by atoms with Crippen LogP contribution in [0.25, 0.3) is 0 Å². The summed E-state index contributed by atoms with van der Waals surface area (Å²) in [5.74, 6) is 1.45. The SMILES string of the molecule is O=c1[nH]c(C2CCCCS2)nc(O)c1Br. The third-order valence-electron chi connectivity index (χ3n) is 2.35. The van der Waals surface area contributed by atoms with E-state index in [1.807, 2.05) is 0 Å². The van der Waals surface area contributed by atoms with Crippen LogP contribution in [0, 0.1) is 0 Å². The molecule has 4 nitrogen and oxygen atoms in total. The van der Waals surface area contributed by atoms with Crippen molar-refractivity contribution in [2.75, 3.05) is 5.75 Å². The number of hydrogen-bond donors (Lipinski definition) is 2. The molecule has 0 radical (unpaired) electrons. The fourth-order valence-electron chi connectivity index (χ4n) is 1.57. The fraction of sp³-hybridized carbons (Fsp3) is 0.556. The third-order valence-corrected chi connectivity index (χ3v) is 4.45. The van der Waals surface area contributed by atoms with Crippen LogP contribution >= 0.6 is 27.7 Å². The second-order valence-corrected chi connectivity index (χ2v) is 5.55. The van der Waals surface area contributed by atoms with Crippen LogP contribution in [0.2, 0.25) is 0 Å². The van der Waals surface area contributed by atoms with E-state index in [2.05, 4.69) is 25.9 Å². The molecule has 1 fully saturated rings. The highest BCUT2D eigenvalue weighted by Gasteiger charge is 2.20. The first-order chi connectivity index (χ1) is 7.18. The Labute approximate surface area is 99.6 Å². The minimum atomic E-state index is -0.316. The Bertz CT molecular complexity index is 415. The van der Waals surface area contributed by atoms with Crippen LogP contribution < -0.4 is 5.56 Å².